The molecule has 1 N–H and O–H groups in total. The molecule has 0 aliphatic heterocycles. The summed E-state index contributed by atoms with van der Waals surface area (Å²) in [7, 11) is -1.71. The van der Waals surface area contributed by atoms with Gasteiger partial charge in [0, 0.05) is 11.1 Å². The van der Waals surface area contributed by atoms with Gasteiger partial charge in [-0.2, -0.15) is 0 Å². The molecule has 0 aromatic carbocycles. The third kappa shape index (κ3) is 5.42. The van der Waals surface area contributed by atoms with E-state index in [-0.39, 0.29) is 17.1 Å². The molecule has 142 valence electrons. The van der Waals surface area contributed by atoms with Gasteiger partial charge in [0.1, 0.15) is 0 Å². The SMILES string of the molecule is CC(C)[C@H]1CC[C@](C)(CO[Si](C)(C)C(C)(C)C)[C@H]1C/C=C(/Br)CO. The molecule has 0 unspecified atom stereocenters. The summed E-state index contributed by atoms with van der Waals surface area (Å²) in [6.45, 7) is 19.7. The molecule has 4 heteroatoms. The van der Waals surface area contributed by atoms with Gasteiger partial charge in [0.05, 0.1) is 6.61 Å². The Morgan fingerprint density at radius 1 is 1.38 bits per heavy atom. The Kier molecular flexibility index (Phi) is 7.81. The first-order valence-corrected chi connectivity index (χ1v) is 13.1. The van der Waals surface area contributed by atoms with Crippen molar-refractivity contribution in [1.29, 1.82) is 0 Å². The van der Waals surface area contributed by atoms with Crippen LogP contribution in [0.25, 0.3) is 0 Å². The van der Waals surface area contributed by atoms with Gasteiger partial charge in [-0.1, -0.05) is 63.5 Å². The molecular formula is C20H39BrO2Si. The van der Waals surface area contributed by atoms with Gasteiger partial charge in [0.2, 0.25) is 0 Å². The molecule has 2 nitrogen and oxygen atoms in total. The zero-order valence-corrected chi connectivity index (χ0v) is 19.7. The van der Waals surface area contributed by atoms with E-state index < -0.39 is 8.32 Å². The summed E-state index contributed by atoms with van der Waals surface area (Å²) in [5.74, 6) is 2.07. The molecule has 1 aliphatic carbocycles. The fourth-order valence-electron chi connectivity index (χ4n) is 3.72. The summed E-state index contributed by atoms with van der Waals surface area (Å²) in [6.07, 6.45) is 5.75. The van der Waals surface area contributed by atoms with Gasteiger partial charge in [0.15, 0.2) is 8.32 Å². The third-order valence-electron chi connectivity index (χ3n) is 6.63. The fourth-order valence-corrected chi connectivity index (χ4v) is 5.03. The highest BCUT2D eigenvalue weighted by Crippen LogP contribution is 2.52. The summed E-state index contributed by atoms with van der Waals surface area (Å²) in [4.78, 5) is 0. The number of rotatable bonds is 7. The standard InChI is InChI=1S/C20H39BrO2Si/c1-15(2)17-11-12-20(6,18(17)10-9-16(21)13-22)14-23-24(7,8)19(3,4)5/h9,15,17-18,22H,10-14H2,1-8H3/b16-9+/t17-,18+,20-/m1/s1. The molecule has 3 atom stereocenters. The summed E-state index contributed by atoms with van der Waals surface area (Å²) in [5, 5.41) is 9.54. The average Bonchev–Trinajstić information content (AvgIpc) is 2.79. The van der Waals surface area contributed by atoms with Crippen LogP contribution in [0.4, 0.5) is 0 Å². The van der Waals surface area contributed by atoms with Crippen molar-refractivity contribution in [3.8, 4) is 0 Å². The van der Waals surface area contributed by atoms with Crippen LogP contribution < -0.4 is 0 Å². The van der Waals surface area contributed by atoms with Gasteiger partial charge in [-0.3, -0.25) is 0 Å². The molecule has 0 heterocycles. The Morgan fingerprint density at radius 3 is 2.42 bits per heavy atom. The highest BCUT2D eigenvalue weighted by molar-refractivity contribution is 9.11. The smallest absolute Gasteiger partial charge is 0.192 e. The van der Waals surface area contributed by atoms with Crippen molar-refractivity contribution < 1.29 is 9.53 Å². The van der Waals surface area contributed by atoms with Crippen LogP contribution in [0.15, 0.2) is 10.6 Å². The lowest BCUT2D eigenvalue weighted by Gasteiger charge is -2.41. The normalized spacial score (nSPS) is 29.5. The van der Waals surface area contributed by atoms with Gasteiger partial charge < -0.3 is 9.53 Å². The molecule has 0 saturated heterocycles. The van der Waals surface area contributed by atoms with E-state index in [0.717, 1.165) is 23.4 Å². The molecule has 0 bridgehead atoms. The van der Waals surface area contributed by atoms with E-state index in [1.807, 2.05) is 0 Å². The highest BCUT2D eigenvalue weighted by atomic mass is 79.9. The summed E-state index contributed by atoms with van der Waals surface area (Å²) in [5.41, 5.74) is 0.240. The van der Waals surface area contributed by atoms with Crippen molar-refractivity contribution in [3.05, 3.63) is 10.6 Å². The van der Waals surface area contributed by atoms with Gasteiger partial charge in [0.25, 0.3) is 0 Å². The first-order valence-electron chi connectivity index (χ1n) is 9.43. The Hall–Kier alpha value is 0.357. The summed E-state index contributed by atoms with van der Waals surface area (Å²) < 4.78 is 7.54. The summed E-state index contributed by atoms with van der Waals surface area (Å²) in [6, 6.07) is 0. The Labute approximate surface area is 159 Å². The molecule has 0 amide bonds. The molecule has 1 aliphatic rings. The molecule has 24 heavy (non-hydrogen) atoms. The van der Waals surface area contributed by atoms with Gasteiger partial charge in [-0.15, -0.1) is 0 Å². The zero-order valence-electron chi connectivity index (χ0n) is 17.1. The molecule has 0 spiro atoms. The van der Waals surface area contributed by atoms with Crippen LogP contribution in [0.5, 0.6) is 0 Å². The lowest BCUT2D eigenvalue weighted by Crippen LogP contribution is -2.44. The topological polar surface area (TPSA) is 29.5 Å². The van der Waals surface area contributed by atoms with E-state index in [9.17, 15) is 5.11 Å². The van der Waals surface area contributed by atoms with E-state index in [1.54, 1.807) is 0 Å². The van der Waals surface area contributed by atoms with Crippen molar-refractivity contribution >= 4 is 24.2 Å². The van der Waals surface area contributed by atoms with Crippen molar-refractivity contribution in [3.63, 3.8) is 0 Å². The maximum absolute atomic E-state index is 9.28. The Bertz CT molecular complexity index is 439. The van der Waals surface area contributed by atoms with Crippen LogP contribution in [0.3, 0.4) is 0 Å². The van der Waals surface area contributed by atoms with Crippen LogP contribution in [0.1, 0.15) is 60.8 Å². The van der Waals surface area contributed by atoms with E-state index in [0.29, 0.717) is 11.8 Å². The van der Waals surface area contributed by atoms with Crippen LogP contribution in [-0.4, -0.2) is 26.6 Å². The number of aliphatic hydroxyl groups is 1. The minimum Gasteiger partial charge on any atom is -0.416 e. The minimum atomic E-state index is -1.71. The fraction of sp³-hybridized carbons (Fsp3) is 0.900. The number of halogens is 1. The lowest BCUT2D eigenvalue weighted by atomic mass is 9.73. The predicted molar refractivity (Wildman–Crippen MR) is 111 cm³/mol. The monoisotopic (exact) mass is 418 g/mol. The molecule has 1 rings (SSSR count). The maximum atomic E-state index is 9.28. The molecule has 0 radical (unpaired) electrons. The highest BCUT2D eigenvalue weighted by Gasteiger charge is 2.47. The molecule has 1 saturated carbocycles. The second-order valence-electron chi connectivity index (χ2n) is 9.80. The maximum Gasteiger partial charge on any atom is 0.192 e. The quantitative estimate of drug-likeness (QED) is 0.487. The predicted octanol–water partition coefficient (Wildman–Crippen LogP) is 6.36. The molecule has 0 aromatic heterocycles. The summed E-state index contributed by atoms with van der Waals surface area (Å²) >= 11 is 3.46. The van der Waals surface area contributed by atoms with Crippen molar-refractivity contribution in [2.75, 3.05) is 13.2 Å². The van der Waals surface area contributed by atoms with Crippen LogP contribution in [-0.2, 0) is 4.43 Å². The van der Waals surface area contributed by atoms with Gasteiger partial charge in [-0.25, -0.2) is 0 Å². The molecule has 0 aromatic rings. The lowest BCUT2D eigenvalue weighted by molar-refractivity contribution is 0.0861. The van der Waals surface area contributed by atoms with E-state index >= 15 is 0 Å². The number of allylic oxidation sites excluding steroid dienone is 1. The second kappa shape index (κ2) is 8.37. The van der Waals surface area contributed by atoms with E-state index in [1.165, 1.54) is 12.8 Å². The number of aliphatic hydroxyl groups excluding tert-OH is 1. The number of hydrogen-bond acceptors (Lipinski definition) is 2. The first-order chi connectivity index (χ1) is 10.8. The van der Waals surface area contributed by atoms with Crippen LogP contribution >= 0.6 is 15.9 Å². The van der Waals surface area contributed by atoms with E-state index in [4.69, 9.17) is 4.43 Å². The minimum absolute atomic E-state index is 0.0935. The third-order valence-corrected chi connectivity index (χ3v) is 11.7. The average molecular weight is 420 g/mol. The van der Waals surface area contributed by atoms with Gasteiger partial charge in [-0.05, 0) is 60.6 Å². The molecule has 1 fully saturated rings. The van der Waals surface area contributed by atoms with Crippen LogP contribution in [0.2, 0.25) is 18.1 Å². The Balaban J connectivity index is 2.92. The van der Waals surface area contributed by atoms with Gasteiger partial charge >= 0.3 is 0 Å². The van der Waals surface area contributed by atoms with Crippen molar-refractivity contribution in [2.24, 2.45) is 23.2 Å². The van der Waals surface area contributed by atoms with Crippen molar-refractivity contribution in [2.45, 2.75) is 78.9 Å². The largest absolute Gasteiger partial charge is 0.416 e. The number of hydrogen-bond donors (Lipinski definition) is 1. The Morgan fingerprint density at radius 2 is 1.96 bits per heavy atom. The van der Waals surface area contributed by atoms with Crippen LogP contribution in [0, 0.1) is 23.2 Å². The first kappa shape index (κ1) is 22.4. The van der Waals surface area contributed by atoms with E-state index in [2.05, 4.69) is 76.6 Å². The second-order valence-corrected chi connectivity index (χ2v) is 15.6. The molecular weight excluding hydrogens is 380 g/mol. The van der Waals surface area contributed by atoms with Crippen molar-refractivity contribution in [1.82, 2.24) is 0 Å². The zero-order chi connectivity index (χ0) is 18.8.